The fourth-order valence-corrected chi connectivity index (χ4v) is 1.76. The molecule has 5 nitrogen and oxygen atoms in total. The highest BCUT2D eigenvalue weighted by molar-refractivity contribution is 7.36. The zero-order valence-electron chi connectivity index (χ0n) is 8.90. The van der Waals surface area contributed by atoms with Crippen molar-refractivity contribution in [1.82, 2.24) is 9.99 Å². The Morgan fingerprint density at radius 3 is 2.86 bits per heavy atom. The quantitative estimate of drug-likeness (QED) is 0.704. The van der Waals surface area contributed by atoms with E-state index in [1.807, 2.05) is 6.92 Å². The van der Waals surface area contributed by atoms with E-state index in [0.29, 0.717) is 6.61 Å². The van der Waals surface area contributed by atoms with E-state index in [1.165, 1.54) is 0 Å². The highest BCUT2D eigenvalue weighted by Gasteiger charge is 2.26. The van der Waals surface area contributed by atoms with Crippen molar-refractivity contribution in [2.75, 3.05) is 33.8 Å². The van der Waals surface area contributed by atoms with Crippen LogP contribution in [0, 0.1) is 0 Å². The molecule has 6 heteroatoms. The third kappa shape index (κ3) is 3.98. The second-order valence-electron chi connectivity index (χ2n) is 3.61. The SMILES string of the molecule is CC1CNCC(CO[P+](=O)N(C)C)O1. The number of hydrogen-bond donors (Lipinski definition) is 1. The largest absolute Gasteiger partial charge is 0.615 e. The maximum absolute atomic E-state index is 11.2. The lowest BCUT2D eigenvalue weighted by molar-refractivity contribution is -0.0467. The van der Waals surface area contributed by atoms with E-state index in [9.17, 15) is 4.57 Å². The summed E-state index contributed by atoms with van der Waals surface area (Å²) in [5, 5.41) is 3.22. The Bertz CT molecular complexity index is 201. The van der Waals surface area contributed by atoms with E-state index < -0.39 is 8.18 Å². The van der Waals surface area contributed by atoms with E-state index in [2.05, 4.69) is 5.32 Å². The summed E-state index contributed by atoms with van der Waals surface area (Å²) in [5.74, 6) is 0. The standard InChI is InChI=1S/C8H18N2O3P/c1-7-4-9-5-8(13-7)6-12-14(11)10(2)3/h7-9H,4-6H2,1-3H3/q+1. The van der Waals surface area contributed by atoms with Gasteiger partial charge in [-0.25, -0.2) is 0 Å². The molecule has 0 spiro atoms. The summed E-state index contributed by atoms with van der Waals surface area (Å²) < 4.78 is 23.5. The molecule has 1 aliphatic rings. The van der Waals surface area contributed by atoms with Crippen LogP contribution in [0.2, 0.25) is 0 Å². The van der Waals surface area contributed by atoms with Crippen LogP contribution in [0.1, 0.15) is 6.92 Å². The van der Waals surface area contributed by atoms with Gasteiger partial charge in [-0.1, -0.05) is 4.67 Å². The molecule has 1 N–H and O–H groups in total. The van der Waals surface area contributed by atoms with Crippen molar-refractivity contribution in [3.8, 4) is 0 Å². The number of rotatable bonds is 4. The van der Waals surface area contributed by atoms with Crippen molar-refractivity contribution < 1.29 is 13.8 Å². The van der Waals surface area contributed by atoms with Gasteiger partial charge in [0.1, 0.15) is 6.61 Å². The number of ether oxygens (including phenoxy) is 1. The number of morpholine rings is 1. The maximum Gasteiger partial charge on any atom is 0.615 e. The van der Waals surface area contributed by atoms with Crippen LogP contribution < -0.4 is 5.32 Å². The number of nitrogens with zero attached hydrogens (tertiary/aromatic N) is 1. The summed E-state index contributed by atoms with van der Waals surface area (Å²) in [4.78, 5) is 0. The molecule has 3 unspecified atom stereocenters. The van der Waals surface area contributed by atoms with Crippen LogP contribution in [0.25, 0.3) is 0 Å². The second kappa shape index (κ2) is 5.73. The first-order valence-corrected chi connectivity index (χ1v) is 5.86. The van der Waals surface area contributed by atoms with E-state index in [4.69, 9.17) is 9.26 Å². The normalized spacial score (nSPS) is 29.3. The first-order valence-electron chi connectivity index (χ1n) is 4.73. The second-order valence-corrected chi connectivity index (χ2v) is 5.14. The van der Waals surface area contributed by atoms with Gasteiger partial charge in [0, 0.05) is 27.2 Å². The van der Waals surface area contributed by atoms with Crippen molar-refractivity contribution in [3.63, 3.8) is 0 Å². The van der Waals surface area contributed by atoms with E-state index in [-0.39, 0.29) is 12.2 Å². The first kappa shape index (κ1) is 12.0. The minimum atomic E-state index is -1.70. The zero-order valence-corrected chi connectivity index (χ0v) is 9.79. The molecule has 14 heavy (non-hydrogen) atoms. The average molecular weight is 221 g/mol. The molecule has 0 aliphatic carbocycles. The molecule has 1 saturated heterocycles. The molecule has 0 bridgehead atoms. The van der Waals surface area contributed by atoms with Gasteiger partial charge in [-0.05, 0) is 11.5 Å². The molecule has 0 aromatic carbocycles. The van der Waals surface area contributed by atoms with Gasteiger partial charge < -0.3 is 10.1 Å². The Labute approximate surface area is 85.7 Å². The van der Waals surface area contributed by atoms with Gasteiger partial charge in [0.15, 0.2) is 0 Å². The monoisotopic (exact) mass is 221 g/mol. The molecule has 1 rings (SSSR count). The van der Waals surface area contributed by atoms with Gasteiger partial charge in [-0.2, -0.15) is 0 Å². The Morgan fingerprint density at radius 2 is 2.29 bits per heavy atom. The highest BCUT2D eigenvalue weighted by Crippen LogP contribution is 2.24. The molecule has 0 aromatic heterocycles. The minimum absolute atomic E-state index is 0.0117. The van der Waals surface area contributed by atoms with Gasteiger partial charge >= 0.3 is 8.18 Å². The van der Waals surface area contributed by atoms with Crippen molar-refractivity contribution in [3.05, 3.63) is 0 Å². The highest BCUT2D eigenvalue weighted by atomic mass is 31.1. The Kier molecular flexibility index (Phi) is 4.92. The van der Waals surface area contributed by atoms with Crippen molar-refractivity contribution in [2.24, 2.45) is 0 Å². The predicted molar refractivity (Wildman–Crippen MR) is 54.5 cm³/mol. The third-order valence-electron chi connectivity index (χ3n) is 1.93. The third-order valence-corrected chi connectivity index (χ3v) is 2.95. The lowest BCUT2D eigenvalue weighted by atomic mass is 10.3. The van der Waals surface area contributed by atoms with Crippen LogP contribution >= 0.6 is 8.18 Å². The number of nitrogens with one attached hydrogen (secondary N) is 1. The van der Waals surface area contributed by atoms with Gasteiger partial charge in [0.2, 0.25) is 0 Å². The number of hydrogen-bond acceptors (Lipinski definition) is 4. The van der Waals surface area contributed by atoms with Crippen LogP contribution in [-0.2, 0) is 13.8 Å². The summed E-state index contributed by atoms with van der Waals surface area (Å²) in [7, 11) is 1.74. The Morgan fingerprint density at radius 1 is 1.57 bits per heavy atom. The van der Waals surface area contributed by atoms with E-state index in [0.717, 1.165) is 13.1 Å². The molecular formula is C8H18N2O3P+. The molecule has 1 aliphatic heterocycles. The summed E-state index contributed by atoms with van der Waals surface area (Å²) in [6.45, 7) is 4.02. The zero-order chi connectivity index (χ0) is 10.6. The maximum atomic E-state index is 11.2. The summed E-state index contributed by atoms with van der Waals surface area (Å²) >= 11 is 0. The van der Waals surface area contributed by atoms with Crippen LogP contribution in [0.4, 0.5) is 0 Å². The van der Waals surface area contributed by atoms with Crippen LogP contribution in [0.5, 0.6) is 0 Å². The molecule has 1 heterocycles. The van der Waals surface area contributed by atoms with Crippen molar-refractivity contribution >= 4 is 8.18 Å². The molecule has 0 radical (unpaired) electrons. The Hall–Kier alpha value is -0.0600. The van der Waals surface area contributed by atoms with Gasteiger partial charge in [0.25, 0.3) is 0 Å². The van der Waals surface area contributed by atoms with Gasteiger partial charge in [-0.3, -0.25) is 0 Å². The van der Waals surface area contributed by atoms with Gasteiger partial charge in [0.05, 0.1) is 12.2 Å². The van der Waals surface area contributed by atoms with Crippen LogP contribution in [-0.4, -0.2) is 50.7 Å². The molecule has 3 atom stereocenters. The summed E-state index contributed by atoms with van der Waals surface area (Å²) in [6, 6.07) is 0. The van der Waals surface area contributed by atoms with Crippen LogP contribution in [0.3, 0.4) is 0 Å². The topological polar surface area (TPSA) is 50.8 Å². The predicted octanol–water partition coefficient (Wildman–Crippen LogP) is 0.599. The lowest BCUT2D eigenvalue weighted by Crippen LogP contribution is -2.45. The lowest BCUT2D eigenvalue weighted by Gasteiger charge is -2.27. The van der Waals surface area contributed by atoms with Gasteiger partial charge in [-0.15, -0.1) is 4.52 Å². The van der Waals surface area contributed by atoms with E-state index >= 15 is 0 Å². The smallest absolute Gasteiger partial charge is 0.370 e. The Balaban J connectivity index is 2.20. The van der Waals surface area contributed by atoms with Crippen LogP contribution in [0.15, 0.2) is 0 Å². The summed E-state index contributed by atoms with van der Waals surface area (Å²) in [6.07, 6.45) is 0.215. The molecule has 82 valence electrons. The molecular weight excluding hydrogens is 203 g/mol. The average Bonchev–Trinajstić information content (AvgIpc) is 2.14. The molecule has 0 amide bonds. The van der Waals surface area contributed by atoms with Crippen molar-refractivity contribution in [1.29, 1.82) is 0 Å². The minimum Gasteiger partial charge on any atom is -0.370 e. The fourth-order valence-electron chi connectivity index (χ4n) is 1.23. The fraction of sp³-hybridized carbons (Fsp3) is 1.00. The van der Waals surface area contributed by atoms with Crippen molar-refractivity contribution in [2.45, 2.75) is 19.1 Å². The first-order chi connectivity index (χ1) is 6.59. The summed E-state index contributed by atoms with van der Waals surface area (Å²) in [5.41, 5.74) is 0. The molecule has 1 fully saturated rings. The molecule has 0 saturated carbocycles. The van der Waals surface area contributed by atoms with E-state index in [1.54, 1.807) is 18.8 Å². The molecule has 0 aromatic rings.